The number of nitrogens with zero attached hydrogens (tertiary/aromatic N) is 2. The molecule has 0 radical (unpaired) electrons. The van der Waals surface area contributed by atoms with Crippen LogP contribution in [-0.4, -0.2) is 9.55 Å². The SMILES string of the molecule is c1ccc2c(c1)-c1ccccc1C21c2ccccc2-c2cc(-c3ccc4oc5cc(-n6c7ccccc7c7cccnc76)ccc5c4c3)ccc21. The van der Waals surface area contributed by atoms with Crippen molar-refractivity contribution in [2.24, 2.45) is 0 Å². The van der Waals surface area contributed by atoms with Crippen LogP contribution in [-0.2, 0) is 5.41 Å². The van der Waals surface area contributed by atoms with E-state index in [9.17, 15) is 0 Å². The highest BCUT2D eigenvalue weighted by Gasteiger charge is 2.51. The van der Waals surface area contributed by atoms with Gasteiger partial charge in [-0.3, -0.25) is 4.57 Å². The Bertz CT molecular complexity index is 3010. The van der Waals surface area contributed by atoms with Crippen molar-refractivity contribution in [1.29, 1.82) is 0 Å². The normalized spacial score (nSPS) is 13.6. The maximum Gasteiger partial charge on any atom is 0.145 e. The van der Waals surface area contributed by atoms with E-state index in [4.69, 9.17) is 9.40 Å². The van der Waals surface area contributed by atoms with Gasteiger partial charge in [0.05, 0.1) is 16.6 Å². The zero-order valence-corrected chi connectivity index (χ0v) is 27.5. The summed E-state index contributed by atoms with van der Waals surface area (Å²) in [6.07, 6.45) is 1.86. The molecule has 0 unspecified atom stereocenters. The Morgan fingerprint density at radius 3 is 1.84 bits per heavy atom. The van der Waals surface area contributed by atoms with E-state index in [1.807, 2.05) is 12.3 Å². The lowest BCUT2D eigenvalue weighted by Gasteiger charge is -2.30. The molecule has 0 N–H and O–H groups in total. The molecule has 3 heterocycles. The van der Waals surface area contributed by atoms with Crippen LogP contribution in [0.1, 0.15) is 22.3 Å². The molecule has 2 aliphatic rings. The molecule has 236 valence electrons. The van der Waals surface area contributed by atoms with E-state index >= 15 is 0 Å². The van der Waals surface area contributed by atoms with Crippen molar-refractivity contribution in [3.63, 3.8) is 0 Å². The Kier molecular flexibility index (Phi) is 5.17. The number of hydrogen-bond acceptors (Lipinski definition) is 2. The van der Waals surface area contributed by atoms with Crippen LogP contribution in [0, 0.1) is 0 Å². The first-order chi connectivity index (χ1) is 25.3. The van der Waals surface area contributed by atoms with Gasteiger partial charge in [0.25, 0.3) is 0 Å². The van der Waals surface area contributed by atoms with Crippen LogP contribution in [0.15, 0.2) is 174 Å². The summed E-state index contributed by atoms with van der Waals surface area (Å²) < 4.78 is 8.76. The molecule has 3 nitrogen and oxygen atoms in total. The minimum Gasteiger partial charge on any atom is -0.456 e. The summed E-state index contributed by atoms with van der Waals surface area (Å²) in [7, 11) is 0. The van der Waals surface area contributed by atoms with Gasteiger partial charge in [0, 0.05) is 33.8 Å². The van der Waals surface area contributed by atoms with Crippen molar-refractivity contribution in [1.82, 2.24) is 9.55 Å². The Labute approximate surface area is 293 Å². The predicted octanol–water partition coefficient (Wildman–Crippen LogP) is 12.1. The molecule has 10 aromatic rings. The number of para-hydroxylation sites is 1. The zero-order valence-electron chi connectivity index (χ0n) is 27.5. The molecule has 0 amide bonds. The number of hydrogen-bond donors (Lipinski definition) is 0. The van der Waals surface area contributed by atoms with Gasteiger partial charge in [-0.2, -0.15) is 0 Å². The first kappa shape index (κ1) is 27.2. The topological polar surface area (TPSA) is 31.0 Å². The monoisotopic (exact) mass is 648 g/mol. The highest BCUT2D eigenvalue weighted by atomic mass is 16.3. The third-order valence-electron chi connectivity index (χ3n) is 11.5. The Balaban J connectivity index is 1.02. The second-order valence-electron chi connectivity index (χ2n) is 13.9. The summed E-state index contributed by atoms with van der Waals surface area (Å²) in [6, 6.07) is 59.8. The maximum atomic E-state index is 6.52. The van der Waals surface area contributed by atoms with Gasteiger partial charge in [0.1, 0.15) is 16.8 Å². The van der Waals surface area contributed by atoms with Gasteiger partial charge in [0.2, 0.25) is 0 Å². The molecule has 3 heteroatoms. The molecule has 0 aliphatic heterocycles. The highest BCUT2D eigenvalue weighted by molar-refractivity contribution is 6.10. The van der Waals surface area contributed by atoms with Crippen molar-refractivity contribution in [3.05, 3.63) is 192 Å². The van der Waals surface area contributed by atoms with Crippen LogP contribution in [0.5, 0.6) is 0 Å². The molecular weight excluding hydrogens is 621 g/mol. The minimum absolute atomic E-state index is 0.327. The average Bonchev–Trinajstić information content (AvgIpc) is 3.91. The van der Waals surface area contributed by atoms with E-state index in [1.165, 1.54) is 61.0 Å². The van der Waals surface area contributed by atoms with Crippen molar-refractivity contribution in [2.75, 3.05) is 0 Å². The summed E-state index contributed by atoms with van der Waals surface area (Å²) in [5.41, 5.74) is 17.6. The van der Waals surface area contributed by atoms with Gasteiger partial charge < -0.3 is 4.42 Å². The molecule has 0 bridgehead atoms. The molecule has 51 heavy (non-hydrogen) atoms. The van der Waals surface area contributed by atoms with Crippen molar-refractivity contribution >= 4 is 43.9 Å². The maximum absolute atomic E-state index is 6.52. The van der Waals surface area contributed by atoms with Crippen molar-refractivity contribution < 1.29 is 4.42 Å². The first-order valence-electron chi connectivity index (χ1n) is 17.5. The molecule has 7 aromatic carbocycles. The van der Waals surface area contributed by atoms with Gasteiger partial charge in [-0.15, -0.1) is 0 Å². The summed E-state index contributed by atoms with van der Waals surface area (Å²) in [5.74, 6) is 0. The Morgan fingerprint density at radius 2 is 1.06 bits per heavy atom. The van der Waals surface area contributed by atoms with Gasteiger partial charge in [-0.25, -0.2) is 4.98 Å². The molecule has 0 atom stereocenters. The van der Waals surface area contributed by atoms with E-state index in [0.717, 1.165) is 44.2 Å². The average molecular weight is 649 g/mol. The number of furan rings is 1. The number of aromatic nitrogens is 2. The third kappa shape index (κ3) is 3.40. The van der Waals surface area contributed by atoms with Crippen LogP contribution in [0.4, 0.5) is 0 Å². The smallest absolute Gasteiger partial charge is 0.145 e. The van der Waals surface area contributed by atoms with Gasteiger partial charge in [-0.05, 0) is 104 Å². The van der Waals surface area contributed by atoms with Gasteiger partial charge >= 0.3 is 0 Å². The number of fused-ring (bicyclic) bond motifs is 16. The lowest BCUT2D eigenvalue weighted by molar-refractivity contribution is 0.668. The van der Waals surface area contributed by atoms with Gasteiger partial charge in [-0.1, -0.05) is 109 Å². The van der Waals surface area contributed by atoms with E-state index in [2.05, 4.69) is 162 Å². The quantitative estimate of drug-likeness (QED) is 0.187. The second-order valence-corrected chi connectivity index (χ2v) is 13.9. The molecule has 0 saturated carbocycles. The number of rotatable bonds is 2. The zero-order chi connectivity index (χ0) is 33.3. The van der Waals surface area contributed by atoms with Crippen molar-refractivity contribution in [3.8, 4) is 39.1 Å². The lowest BCUT2D eigenvalue weighted by Crippen LogP contribution is -2.25. The van der Waals surface area contributed by atoms with E-state index in [-0.39, 0.29) is 5.41 Å². The molecule has 0 fully saturated rings. The van der Waals surface area contributed by atoms with E-state index in [1.54, 1.807) is 0 Å². The fraction of sp³-hybridized carbons (Fsp3) is 0.0208. The van der Waals surface area contributed by atoms with Crippen LogP contribution in [0.25, 0.3) is 82.9 Å². The third-order valence-corrected chi connectivity index (χ3v) is 11.5. The molecule has 2 aliphatic carbocycles. The summed E-state index contributed by atoms with van der Waals surface area (Å²) >= 11 is 0. The van der Waals surface area contributed by atoms with Crippen LogP contribution < -0.4 is 0 Å². The molecule has 3 aromatic heterocycles. The molecule has 1 spiro atoms. The number of benzene rings is 7. The first-order valence-corrected chi connectivity index (χ1v) is 17.5. The van der Waals surface area contributed by atoms with Crippen LogP contribution >= 0.6 is 0 Å². The molecule has 0 saturated heterocycles. The largest absolute Gasteiger partial charge is 0.456 e. The molecular formula is C48H28N2O. The fourth-order valence-electron chi connectivity index (χ4n) is 9.42. The predicted molar refractivity (Wildman–Crippen MR) is 208 cm³/mol. The summed E-state index contributed by atoms with van der Waals surface area (Å²) in [6.45, 7) is 0. The van der Waals surface area contributed by atoms with Crippen LogP contribution in [0.3, 0.4) is 0 Å². The summed E-state index contributed by atoms with van der Waals surface area (Å²) in [5, 5.41) is 4.56. The fourth-order valence-corrected chi connectivity index (χ4v) is 9.42. The number of pyridine rings is 1. The van der Waals surface area contributed by atoms with Gasteiger partial charge in [0.15, 0.2) is 0 Å². The van der Waals surface area contributed by atoms with E-state index in [0.29, 0.717) is 0 Å². The Morgan fingerprint density at radius 1 is 0.431 bits per heavy atom. The minimum atomic E-state index is -0.327. The summed E-state index contributed by atoms with van der Waals surface area (Å²) in [4.78, 5) is 4.78. The van der Waals surface area contributed by atoms with E-state index < -0.39 is 0 Å². The standard InChI is InChI=1S/C48H28N2O/c1-5-15-40-32(10-1)33-11-2-6-16-41(33)48(40)42-17-7-3-12-34(42)38-26-29(19-23-43(38)48)30-20-24-45-39(27-30)36-22-21-31(28-46(36)51-45)50-44-18-8-4-13-35(44)37-14-9-25-49-47(37)50/h1-28H. The Hall–Kier alpha value is -6.71. The highest BCUT2D eigenvalue weighted by Crippen LogP contribution is 2.63. The van der Waals surface area contributed by atoms with Crippen molar-refractivity contribution in [2.45, 2.75) is 5.41 Å². The molecule has 12 rings (SSSR count). The second kappa shape index (κ2) is 9.71. The van der Waals surface area contributed by atoms with Crippen LogP contribution in [0.2, 0.25) is 0 Å². The lowest BCUT2D eigenvalue weighted by atomic mass is 9.70.